The molecule has 0 spiro atoms. The number of halogens is 4. The van der Waals surface area contributed by atoms with Gasteiger partial charge in [-0.25, -0.2) is 0 Å². The summed E-state index contributed by atoms with van der Waals surface area (Å²) in [4.78, 5) is 0. The first kappa shape index (κ1) is 9.68. The fraction of sp³-hybridized carbons (Fsp3) is 1.00. The van der Waals surface area contributed by atoms with Crippen LogP contribution in [-0.2, 0) is 0 Å². The summed E-state index contributed by atoms with van der Waals surface area (Å²) in [6, 6.07) is 0. The first-order chi connectivity index (χ1) is 4.19. The summed E-state index contributed by atoms with van der Waals surface area (Å²) in [7, 11) is 0. The van der Waals surface area contributed by atoms with Crippen LogP contribution in [0.5, 0.6) is 0 Å². The molecule has 0 rings (SSSR count). The van der Waals surface area contributed by atoms with E-state index in [-0.39, 0.29) is 0 Å². The molecule has 1 nitrogen and oxygen atoms in total. The van der Waals surface area contributed by atoms with Gasteiger partial charge in [-0.3, -0.25) is 0 Å². The van der Waals surface area contributed by atoms with Gasteiger partial charge in [0, 0.05) is 5.92 Å². The maximum Gasteiger partial charge on any atom is 0.417 e. The van der Waals surface area contributed by atoms with Crippen molar-refractivity contribution in [3.63, 3.8) is 0 Å². The zero-order chi connectivity index (χ0) is 8.58. The summed E-state index contributed by atoms with van der Waals surface area (Å²) in [6.45, 7) is 1.81. The Labute approximate surface area is 55.7 Å². The third-order valence-corrected chi connectivity index (χ3v) is 1.13. The number of alkyl halides is 4. The highest BCUT2D eigenvalue weighted by atomic mass is 19.3. The zero-order valence-corrected chi connectivity index (χ0v) is 5.54. The van der Waals surface area contributed by atoms with Crippen molar-refractivity contribution < 1.29 is 22.7 Å². The van der Waals surface area contributed by atoms with Crippen LogP contribution in [0.3, 0.4) is 0 Å². The summed E-state index contributed by atoms with van der Waals surface area (Å²) in [5.41, 5.74) is 0. The molecular formula is C5H8F4O. The Kier molecular flexibility index (Phi) is 2.30. The Hall–Kier alpha value is -0.320. The van der Waals surface area contributed by atoms with Crippen molar-refractivity contribution in [3.05, 3.63) is 0 Å². The molecule has 10 heavy (non-hydrogen) atoms. The maximum absolute atomic E-state index is 12.1. The second-order valence-electron chi connectivity index (χ2n) is 2.32. The lowest BCUT2D eigenvalue weighted by atomic mass is 10.1. The quantitative estimate of drug-likeness (QED) is 0.611. The van der Waals surface area contributed by atoms with E-state index in [4.69, 9.17) is 5.11 Å². The second kappa shape index (κ2) is 2.38. The predicted octanol–water partition coefficient (Wildman–Crippen LogP) is 1.86. The smallest absolute Gasteiger partial charge is 0.332 e. The van der Waals surface area contributed by atoms with Crippen molar-refractivity contribution in [2.45, 2.75) is 25.9 Å². The van der Waals surface area contributed by atoms with Crippen LogP contribution in [0.25, 0.3) is 0 Å². The number of hydrogen-bond acceptors (Lipinski definition) is 1. The van der Waals surface area contributed by atoms with E-state index in [1.54, 1.807) is 0 Å². The minimum Gasteiger partial charge on any atom is -0.332 e. The van der Waals surface area contributed by atoms with E-state index in [9.17, 15) is 17.6 Å². The minimum absolute atomic E-state index is 0.907. The molecule has 0 aromatic carbocycles. The van der Waals surface area contributed by atoms with E-state index in [2.05, 4.69) is 0 Å². The van der Waals surface area contributed by atoms with E-state index >= 15 is 0 Å². The Morgan fingerprint density at radius 3 is 1.40 bits per heavy atom. The van der Waals surface area contributed by atoms with Crippen LogP contribution in [0.1, 0.15) is 13.8 Å². The lowest BCUT2D eigenvalue weighted by Gasteiger charge is -2.24. The Morgan fingerprint density at radius 2 is 1.40 bits per heavy atom. The van der Waals surface area contributed by atoms with Gasteiger partial charge in [-0.05, 0) is 0 Å². The molecule has 0 atom stereocenters. The van der Waals surface area contributed by atoms with Gasteiger partial charge in [-0.1, -0.05) is 13.8 Å². The van der Waals surface area contributed by atoms with Gasteiger partial charge in [-0.15, -0.1) is 0 Å². The van der Waals surface area contributed by atoms with Crippen molar-refractivity contribution in [2.75, 3.05) is 0 Å². The van der Waals surface area contributed by atoms with Gasteiger partial charge < -0.3 is 5.11 Å². The van der Waals surface area contributed by atoms with Gasteiger partial charge in [0.25, 0.3) is 0 Å². The van der Waals surface area contributed by atoms with Crippen molar-refractivity contribution in [3.8, 4) is 0 Å². The molecule has 0 aromatic rings. The van der Waals surface area contributed by atoms with Gasteiger partial charge in [-0.2, -0.15) is 17.6 Å². The predicted molar refractivity (Wildman–Crippen MR) is 27.0 cm³/mol. The zero-order valence-electron chi connectivity index (χ0n) is 5.54. The molecule has 1 N–H and O–H groups in total. The van der Waals surface area contributed by atoms with E-state index in [1.165, 1.54) is 0 Å². The maximum atomic E-state index is 12.1. The van der Waals surface area contributed by atoms with Gasteiger partial charge in [0.05, 0.1) is 0 Å². The first-order valence-electron chi connectivity index (χ1n) is 2.67. The average molecular weight is 160 g/mol. The molecule has 0 amide bonds. The fourth-order valence-electron chi connectivity index (χ4n) is 0.347. The van der Waals surface area contributed by atoms with E-state index in [0.29, 0.717) is 0 Å². The lowest BCUT2D eigenvalue weighted by molar-refractivity contribution is -0.338. The molecule has 62 valence electrons. The van der Waals surface area contributed by atoms with Crippen molar-refractivity contribution in [1.29, 1.82) is 0 Å². The van der Waals surface area contributed by atoms with Crippen LogP contribution in [-0.4, -0.2) is 17.1 Å². The molecule has 0 radical (unpaired) electrons. The molecule has 0 aliphatic heterocycles. The van der Waals surface area contributed by atoms with Gasteiger partial charge in [0.15, 0.2) is 0 Å². The SMILES string of the molecule is CC(C)C(F)(F)C(O)(F)F. The molecule has 0 heterocycles. The highest BCUT2D eigenvalue weighted by Crippen LogP contribution is 2.37. The summed E-state index contributed by atoms with van der Waals surface area (Å²) >= 11 is 0. The Bertz CT molecular complexity index is 115. The molecule has 0 aliphatic carbocycles. The van der Waals surface area contributed by atoms with Crippen LogP contribution in [0, 0.1) is 5.92 Å². The van der Waals surface area contributed by atoms with Gasteiger partial charge >= 0.3 is 12.0 Å². The van der Waals surface area contributed by atoms with Crippen molar-refractivity contribution in [2.24, 2.45) is 5.92 Å². The van der Waals surface area contributed by atoms with Crippen LogP contribution in [0.4, 0.5) is 17.6 Å². The second-order valence-corrected chi connectivity index (χ2v) is 2.32. The number of rotatable bonds is 2. The average Bonchev–Trinajstić information content (AvgIpc) is 1.62. The van der Waals surface area contributed by atoms with E-state index in [0.717, 1.165) is 13.8 Å². The van der Waals surface area contributed by atoms with E-state index in [1.807, 2.05) is 0 Å². The molecule has 0 unspecified atom stereocenters. The molecule has 5 heteroatoms. The third kappa shape index (κ3) is 1.59. The van der Waals surface area contributed by atoms with Gasteiger partial charge in [0.2, 0.25) is 0 Å². The molecule has 0 saturated heterocycles. The summed E-state index contributed by atoms with van der Waals surface area (Å²) in [5.74, 6) is -5.92. The highest BCUT2D eigenvalue weighted by Gasteiger charge is 2.57. The minimum atomic E-state index is -4.92. The fourth-order valence-corrected chi connectivity index (χ4v) is 0.347. The van der Waals surface area contributed by atoms with E-state index < -0.39 is 17.9 Å². The molecule has 0 bridgehead atoms. The summed E-state index contributed by atoms with van der Waals surface area (Å²) in [5, 5.41) is 7.63. The molecule has 0 saturated carbocycles. The summed E-state index contributed by atoms with van der Waals surface area (Å²) < 4.78 is 47.2. The number of hydrogen-bond donors (Lipinski definition) is 1. The standard InChI is InChI=1S/C5H8F4O/c1-3(2)4(6,7)5(8,9)10/h3,10H,1-2H3. The largest absolute Gasteiger partial charge is 0.417 e. The lowest BCUT2D eigenvalue weighted by Crippen LogP contribution is -2.44. The molecule has 0 fully saturated rings. The molecular weight excluding hydrogens is 152 g/mol. The Balaban J connectivity index is 4.40. The molecule has 0 aliphatic rings. The normalized spacial score (nSPS) is 14.4. The van der Waals surface area contributed by atoms with Crippen LogP contribution in [0.2, 0.25) is 0 Å². The van der Waals surface area contributed by atoms with Crippen molar-refractivity contribution in [1.82, 2.24) is 0 Å². The third-order valence-electron chi connectivity index (χ3n) is 1.13. The topological polar surface area (TPSA) is 20.2 Å². The summed E-state index contributed by atoms with van der Waals surface area (Å²) in [6.07, 6.45) is -4.92. The first-order valence-corrected chi connectivity index (χ1v) is 2.67. The van der Waals surface area contributed by atoms with Gasteiger partial charge in [0.1, 0.15) is 0 Å². The monoisotopic (exact) mass is 160 g/mol. The van der Waals surface area contributed by atoms with Crippen LogP contribution >= 0.6 is 0 Å². The van der Waals surface area contributed by atoms with Crippen LogP contribution < -0.4 is 0 Å². The molecule has 0 aromatic heterocycles. The van der Waals surface area contributed by atoms with Crippen LogP contribution in [0.15, 0.2) is 0 Å². The Morgan fingerprint density at radius 1 is 1.10 bits per heavy atom. The number of aliphatic hydroxyl groups is 1. The van der Waals surface area contributed by atoms with Crippen molar-refractivity contribution >= 4 is 0 Å². The highest BCUT2D eigenvalue weighted by molar-refractivity contribution is 4.77.